The molecule has 7 heteroatoms. The first-order valence-corrected chi connectivity index (χ1v) is 9.48. The molecule has 3 aromatic rings. The zero-order valence-electron chi connectivity index (χ0n) is 15.3. The van der Waals surface area contributed by atoms with Crippen LogP contribution in [-0.4, -0.2) is 21.3 Å². The zero-order chi connectivity index (χ0) is 19.7. The number of hydrogen-bond donors (Lipinski definition) is 2. The Hall–Kier alpha value is -3.19. The molecule has 2 N–H and O–H groups in total. The fourth-order valence-electron chi connectivity index (χ4n) is 2.99. The number of carbonyl (C=O) groups is 1. The highest BCUT2D eigenvalue weighted by Crippen LogP contribution is 2.32. The molecular formula is C21H17FN4OS. The maximum Gasteiger partial charge on any atom is 0.264 e. The largest absolute Gasteiger partial charge is 0.300 e. The van der Waals surface area contributed by atoms with Gasteiger partial charge in [-0.15, -0.1) is 0 Å². The summed E-state index contributed by atoms with van der Waals surface area (Å²) in [5, 5.41) is 10.1. The van der Waals surface area contributed by atoms with Gasteiger partial charge in [-0.1, -0.05) is 30.3 Å². The number of aryl methyl sites for hydroxylation is 2. The molecule has 1 amide bonds. The number of halogens is 1. The van der Waals surface area contributed by atoms with Gasteiger partial charge in [-0.05, 0) is 54.9 Å². The summed E-state index contributed by atoms with van der Waals surface area (Å²) in [4.78, 5) is 17.5. The van der Waals surface area contributed by atoms with Gasteiger partial charge in [0.25, 0.3) is 5.91 Å². The van der Waals surface area contributed by atoms with Crippen LogP contribution in [0.3, 0.4) is 0 Å². The van der Waals surface area contributed by atoms with Crippen LogP contribution in [0.2, 0.25) is 0 Å². The van der Waals surface area contributed by atoms with Gasteiger partial charge >= 0.3 is 0 Å². The standard InChI is InChI=1S/C21H17FN4OS/c1-12-6-5-7-13(2)18(12)24-21-25-20(27)17(28-21)10-14-11-23-26-19(14)15-8-3-4-9-16(15)22/h3-11H,1-2H3,(H,23,26)(H,24,25,27)/b17-10+. The molecule has 2 heterocycles. The molecule has 5 nitrogen and oxygen atoms in total. The molecule has 4 rings (SSSR count). The predicted molar refractivity (Wildman–Crippen MR) is 111 cm³/mol. The molecule has 28 heavy (non-hydrogen) atoms. The van der Waals surface area contributed by atoms with Crippen LogP contribution < -0.4 is 5.32 Å². The van der Waals surface area contributed by atoms with Crippen molar-refractivity contribution in [3.05, 3.63) is 76.1 Å². The number of thioether (sulfide) groups is 1. The second-order valence-electron chi connectivity index (χ2n) is 6.40. The lowest BCUT2D eigenvalue weighted by Gasteiger charge is -2.04. The van der Waals surface area contributed by atoms with Gasteiger partial charge in [-0.2, -0.15) is 5.10 Å². The van der Waals surface area contributed by atoms with E-state index in [0.29, 0.717) is 26.9 Å². The molecule has 1 aromatic heterocycles. The van der Waals surface area contributed by atoms with E-state index in [1.165, 1.54) is 17.8 Å². The van der Waals surface area contributed by atoms with E-state index in [0.717, 1.165) is 16.8 Å². The van der Waals surface area contributed by atoms with E-state index in [2.05, 4.69) is 20.5 Å². The number of aromatic amines is 1. The summed E-state index contributed by atoms with van der Waals surface area (Å²) >= 11 is 1.25. The lowest BCUT2D eigenvalue weighted by molar-refractivity contribution is -0.115. The van der Waals surface area contributed by atoms with E-state index in [1.54, 1.807) is 30.5 Å². The number of amidine groups is 1. The lowest BCUT2D eigenvalue weighted by Crippen LogP contribution is -2.19. The highest BCUT2D eigenvalue weighted by Gasteiger charge is 2.25. The molecule has 0 spiro atoms. The third-order valence-corrected chi connectivity index (χ3v) is 5.31. The van der Waals surface area contributed by atoms with E-state index < -0.39 is 0 Å². The molecule has 0 atom stereocenters. The number of amides is 1. The van der Waals surface area contributed by atoms with Gasteiger partial charge in [-0.25, -0.2) is 9.38 Å². The van der Waals surface area contributed by atoms with Crippen LogP contribution in [0.25, 0.3) is 17.3 Å². The minimum absolute atomic E-state index is 0.240. The van der Waals surface area contributed by atoms with Gasteiger partial charge in [0.05, 0.1) is 22.5 Å². The Morgan fingerprint density at radius 1 is 1.11 bits per heavy atom. The van der Waals surface area contributed by atoms with Crippen LogP contribution in [0.4, 0.5) is 10.1 Å². The molecule has 1 aliphatic heterocycles. The minimum atomic E-state index is -0.354. The first-order chi connectivity index (χ1) is 13.5. The maximum absolute atomic E-state index is 14.1. The second-order valence-corrected chi connectivity index (χ2v) is 7.43. The number of hydrogen-bond acceptors (Lipinski definition) is 4. The van der Waals surface area contributed by atoms with Crippen LogP contribution in [0.5, 0.6) is 0 Å². The van der Waals surface area contributed by atoms with Crippen LogP contribution in [-0.2, 0) is 4.79 Å². The van der Waals surface area contributed by atoms with Crippen molar-refractivity contribution in [2.24, 2.45) is 4.99 Å². The van der Waals surface area contributed by atoms with Crippen molar-refractivity contribution >= 4 is 34.6 Å². The normalized spacial score (nSPS) is 16.8. The van der Waals surface area contributed by atoms with Crippen molar-refractivity contribution in [2.45, 2.75) is 13.8 Å². The molecule has 0 unspecified atom stereocenters. The third kappa shape index (κ3) is 3.48. The SMILES string of the molecule is Cc1cccc(C)c1N=C1NC(=O)/C(=C\c2cn[nH]c2-c2ccccc2F)S1. The van der Waals surface area contributed by atoms with Crippen LogP contribution in [0, 0.1) is 19.7 Å². The number of aromatic nitrogens is 2. The van der Waals surface area contributed by atoms with E-state index in [9.17, 15) is 9.18 Å². The number of carbonyl (C=O) groups excluding carboxylic acids is 1. The van der Waals surface area contributed by atoms with E-state index in [1.807, 2.05) is 32.0 Å². The molecule has 0 radical (unpaired) electrons. The summed E-state index contributed by atoms with van der Waals surface area (Å²) in [7, 11) is 0. The van der Waals surface area contributed by atoms with Crippen LogP contribution in [0.15, 0.2) is 58.6 Å². The predicted octanol–water partition coefficient (Wildman–Crippen LogP) is 4.72. The summed E-state index contributed by atoms with van der Waals surface area (Å²) in [6.45, 7) is 3.97. The summed E-state index contributed by atoms with van der Waals surface area (Å²) in [5.74, 6) is -0.595. The molecule has 1 aliphatic rings. The van der Waals surface area contributed by atoms with Gasteiger partial charge in [0.15, 0.2) is 5.17 Å². The Morgan fingerprint density at radius 2 is 1.86 bits per heavy atom. The van der Waals surface area contributed by atoms with Crippen molar-refractivity contribution in [3.63, 3.8) is 0 Å². The van der Waals surface area contributed by atoms with Crippen LogP contribution in [0.1, 0.15) is 16.7 Å². The summed E-state index contributed by atoms with van der Waals surface area (Å²) in [6.07, 6.45) is 3.27. The van der Waals surface area contributed by atoms with Crippen molar-refractivity contribution in [1.29, 1.82) is 0 Å². The minimum Gasteiger partial charge on any atom is -0.300 e. The van der Waals surface area contributed by atoms with Gasteiger partial charge in [-0.3, -0.25) is 9.89 Å². The Balaban J connectivity index is 1.66. The highest BCUT2D eigenvalue weighted by atomic mass is 32.2. The number of benzene rings is 2. The molecule has 0 bridgehead atoms. The average molecular weight is 392 g/mol. The molecule has 1 saturated heterocycles. The van der Waals surface area contributed by atoms with Crippen LogP contribution >= 0.6 is 11.8 Å². The molecule has 0 saturated carbocycles. The van der Waals surface area contributed by atoms with Gasteiger partial charge in [0.1, 0.15) is 5.82 Å². The molecule has 0 aliphatic carbocycles. The molecule has 2 aromatic carbocycles. The van der Waals surface area contributed by atoms with E-state index >= 15 is 0 Å². The summed E-state index contributed by atoms with van der Waals surface area (Å²) < 4.78 is 14.1. The fourth-order valence-corrected chi connectivity index (χ4v) is 3.81. The van der Waals surface area contributed by atoms with Crippen molar-refractivity contribution in [1.82, 2.24) is 15.5 Å². The number of para-hydroxylation sites is 1. The van der Waals surface area contributed by atoms with Gasteiger partial charge in [0, 0.05) is 11.1 Å². The quantitative estimate of drug-likeness (QED) is 0.634. The lowest BCUT2D eigenvalue weighted by atomic mass is 10.1. The number of nitrogens with one attached hydrogen (secondary N) is 2. The molecule has 140 valence electrons. The topological polar surface area (TPSA) is 70.1 Å². The molecule has 1 fully saturated rings. The zero-order valence-corrected chi connectivity index (χ0v) is 16.1. The number of H-pyrrole nitrogens is 1. The van der Waals surface area contributed by atoms with Crippen molar-refractivity contribution in [3.8, 4) is 11.3 Å². The average Bonchev–Trinajstić information content (AvgIpc) is 3.26. The Bertz CT molecular complexity index is 1110. The monoisotopic (exact) mass is 392 g/mol. The van der Waals surface area contributed by atoms with Crippen molar-refractivity contribution in [2.75, 3.05) is 0 Å². The Labute approximate surface area is 165 Å². The van der Waals surface area contributed by atoms with E-state index in [-0.39, 0.29) is 11.7 Å². The third-order valence-electron chi connectivity index (χ3n) is 4.40. The molecular weight excluding hydrogens is 375 g/mol. The fraction of sp³-hybridized carbons (Fsp3) is 0.0952. The highest BCUT2D eigenvalue weighted by molar-refractivity contribution is 8.18. The number of nitrogens with zero attached hydrogens (tertiary/aromatic N) is 2. The Morgan fingerprint density at radius 3 is 2.61 bits per heavy atom. The first-order valence-electron chi connectivity index (χ1n) is 8.67. The maximum atomic E-state index is 14.1. The van der Waals surface area contributed by atoms with Gasteiger partial charge in [0.2, 0.25) is 0 Å². The van der Waals surface area contributed by atoms with E-state index in [4.69, 9.17) is 0 Å². The smallest absolute Gasteiger partial charge is 0.264 e. The van der Waals surface area contributed by atoms with Gasteiger partial charge < -0.3 is 5.32 Å². The Kier molecular flexibility index (Phi) is 4.83. The summed E-state index contributed by atoms with van der Waals surface area (Å²) in [5.41, 5.74) is 4.49. The number of rotatable bonds is 3. The summed E-state index contributed by atoms with van der Waals surface area (Å²) in [6, 6.07) is 12.4. The van der Waals surface area contributed by atoms with Crippen molar-refractivity contribution < 1.29 is 9.18 Å². The number of aliphatic imine (C=N–C) groups is 1. The second kappa shape index (κ2) is 7.44. The first kappa shape index (κ1) is 18.2.